The molecule has 1 atom stereocenters. The highest BCUT2D eigenvalue weighted by atomic mass is 16.2. The minimum Gasteiger partial charge on any atom is -0.342 e. The second kappa shape index (κ2) is 6.79. The van der Waals surface area contributed by atoms with Gasteiger partial charge < -0.3 is 9.88 Å². The van der Waals surface area contributed by atoms with Crippen molar-refractivity contribution >= 4 is 16.9 Å². The van der Waals surface area contributed by atoms with Crippen LogP contribution in [-0.2, 0) is 4.79 Å². The predicted octanol–water partition coefficient (Wildman–Crippen LogP) is 3.06. The molecule has 0 spiro atoms. The Kier molecular flexibility index (Phi) is 4.50. The Hall–Kier alpha value is -1.88. The molecule has 1 aromatic carbocycles. The Morgan fingerprint density at radius 1 is 1.16 bits per heavy atom. The van der Waals surface area contributed by atoms with Crippen LogP contribution in [0, 0.1) is 6.92 Å². The van der Waals surface area contributed by atoms with Gasteiger partial charge in [0.25, 0.3) is 0 Å². The molecule has 0 radical (unpaired) electrons. The number of amides is 1. The second-order valence-electron chi connectivity index (χ2n) is 7.68. The number of benzene rings is 1. The molecular weight excluding hydrogens is 312 g/mol. The lowest BCUT2D eigenvalue weighted by atomic mass is 9.94. The number of hydrogen-bond donors (Lipinski definition) is 1. The second-order valence-corrected chi connectivity index (χ2v) is 7.68. The summed E-state index contributed by atoms with van der Waals surface area (Å²) in [5.41, 5.74) is 3.42. The van der Waals surface area contributed by atoms with Gasteiger partial charge in [-0.25, -0.2) is 4.98 Å². The fourth-order valence-electron chi connectivity index (χ4n) is 4.36. The van der Waals surface area contributed by atoms with Gasteiger partial charge in [-0.3, -0.25) is 9.69 Å². The molecule has 2 aliphatic heterocycles. The van der Waals surface area contributed by atoms with Gasteiger partial charge in [0.2, 0.25) is 5.91 Å². The first-order chi connectivity index (χ1) is 12.1. The summed E-state index contributed by atoms with van der Waals surface area (Å²) in [6.07, 6.45) is 5.41. The minimum atomic E-state index is 0.0964. The zero-order valence-corrected chi connectivity index (χ0v) is 15.3. The Balaban J connectivity index is 1.42. The van der Waals surface area contributed by atoms with Gasteiger partial charge in [0.05, 0.1) is 17.1 Å². The van der Waals surface area contributed by atoms with E-state index in [2.05, 4.69) is 47.0 Å². The first kappa shape index (κ1) is 16.6. The number of aryl methyl sites for hydroxylation is 1. The number of rotatable bonds is 2. The van der Waals surface area contributed by atoms with Crippen LogP contribution in [0.2, 0.25) is 0 Å². The van der Waals surface area contributed by atoms with E-state index in [4.69, 9.17) is 4.98 Å². The topological polar surface area (TPSA) is 52.2 Å². The number of para-hydroxylation sites is 1. The average molecular weight is 340 g/mol. The van der Waals surface area contributed by atoms with Crippen LogP contribution in [0.4, 0.5) is 0 Å². The number of nitrogens with zero attached hydrogens (tertiary/aromatic N) is 3. The molecule has 2 fully saturated rings. The molecule has 3 heterocycles. The van der Waals surface area contributed by atoms with Crippen molar-refractivity contribution in [2.24, 2.45) is 0 Å². The lowest BCUT2D eigenvalue weighted by Crippen LogP contribution is -2.51. The van der Waals surface area contributed by atoms with E-state index in [0.717, 1.165) is 55.8 Å². The molecule has 4 rings (SSSR count). The molecule has 2 saturated heterocycles. The molecule has 0 aliphatic carbocycles. The molecule has 2 aliphatic rings. The number of piperidine rings is 2. The van der Waals surface area contributed by atoms with Crippen molar-refractivity contribution in [1.29, 1.82) is 0 Å². The first-order valence-electron chi connectivity index (χ1n) is 9.58. The van der Waals surface area contributed by atoms with E-state index in [1.165, 1.54) is 18.4 Å². The molecule has 0 saturated carbocycles. The van der Waals surface area contributed by atoms with Crippen LogP contribution in [0.5, 0.6) is 0 Å². The number of fused-ring (bicyclic) bond motifs is 1. The number of carbonyl (C=O) groups excluding carboxylic acids is 1. The number of aromatic nitrogens is 2. The summed E-state index contributed by atoms with van der Waals surface area (Å²) in [5.74, 6) is 1.85. The zero-order chi connectivity index (χ0) is 17.4. The largest absolute Gasteiger partial charge is 0.342 e. The average Bonchev–Trinajstić information content (AvgIpc) is 3.07. The molecular formula is C20H28N4O. The Bertz CT molecular complexity index is 760. The van der Waals surface area contributed by atoms with E-state index in [-0.39, 0.29) is 6.04 Å². The monoisotopic (exact) mass is 340 g/mol. The normalized spacial score (nSPS) is 23.3. The van der Waals surface area contributed by atoms with Gasteiger partial charge in [-0.15, -0.1) is 0 Å². The highest BCUT2D eigenvalue weighted by molar-refractivity contribution is 5.82. The highest BCUT2D eigenvalue weighted by Gasteiger charge is 2.32. The van der Waals surface area contributed by atoms with E-state index in [9.17, 15) is 4.79 Å². The smallest absolute Gasteiger partial charge is 0.239 e. The van der Waals surface area contributed by atoms with Gasteiger partial charge in [-0.2, -0.15) is 0 Å². The molecule has 134 valence electrons. The summed E-state index contributed by atoms with van der Waals surface area (Å²) in [5, 5.41) is 0. The van der Waals surface area contributed by atoms with Gasteiger partial charge >= 0.3 is 0 Å². The zero-order valence-electron chi connectivity index (χ0n) is 15.3. The van der Waals surface area contributed by atoms with E-state index < -0.39 is 0 Å². The Morgan fingerprint density at radius 2 is 1.96 bits per heavy atom. The number of aromatic amines is 1. The van der Waals surface area contributed by atoms with Crippen molar-refractivity contribution in [3.05, 3.63) is 29.6 Å². The first-order valence-corrected chi connectivity index (χ1v) is 9.58. The van der Waals surface area contributed by atoms with Gasteiger partial charge in [0.1, 0.15) is 5.82 Å². The fourth-order valence-corrected chi connectivity index (χ4v) is 4.36. The van der Waals surface area contributed by atoms with Crippen molar-refractivity contribution in [2.75, 3.05) is 26.7 Å². The molecule has 1 amide bonds. The number of likely N-dealkylation sites (N-methyl/N-ethyl adjacent to an activating group) is 1. The summed E-state index contributed by atoms with van der Waals surface area (Å²) < 4.78 is 0. The van der Waals surface area contributed by atoms with Crippen LogP contribution >= 0.6 is 0 Å². The molecule has 0 bridgehead atoms. The predicted molar refractivity (Wildman–Crippen MR) is 99.7 cm³/mol. The summed E-state index contributed by atoms with van der Waals surface area (Å²) in [4.78, 5) is 25.5. The highest BCUT2D eigenvalue weighted by Crippen LogP contribution is 2.29. The third-order valence-corrected chi connectivity index (χ3v) is 5.98. The lowest BCUT2D eigenvalue weighted by Gasteiger charge is -2.38. The molecule has 0 unspecified atom stereocenters. The summed E-state index contributed by atoms with van der Waals surface area (Å²) in [7, 11) is 2.09. The van der Waals surface area contributed by atoms with Crippen LogP contribution < -0.4 is 0 Å². The standard InChI is InChI=1S/C20H28N4O/c1-14-6-5-7-16-18(14)22-19(21-16)15-9-12-24(13-10-15)20(25)17-8-3-4-11-23(17)2/h5-7,15,17H,3-4,8-13H2,1-2H3,(H,21,22)/t17-/m0/s1. The summed E-state index contributed by atoms with van der Waals surface area (Å²) >= 11 is 0. The van der Waals surface area contributed by atoms with Gasteiger partial charge in [0, 0.05) is 19.0 Å². The van der Waals surface area contributed by atoms with Crippen LogP contribution in [0.25, 0.3) is 11.0 Å². The molecule has 5 heteroatoms. The van der Waals surface area contributed by atoms with Gasteiger partial charge in [-0.05, 0) is 57.8 Å². The SMILES string of the molecule is Cc1cccc2[nH]c(C3CCN(C(=O)[C@@H]4CCCCN4C)CC3)nc12. The maximum atomic E-state index is 12.9. The number of likely N-dealkylation sites (tertiary alicyclic amines) is 2. The number of imidazole rings is 1. The Labute approximate surface area is 149 Å². The maximum Gasteiger partial charge on any atom is 0.239 e. The summed E-state index contributed by atoms with van der Waals surface area (Å²) in [6, 6.07) is 6.37. The summed E-state index contributed by atoms with van der Waals surface area (Å²) in [6.45, 7) is 4.86. The molecule has 2 aromatic rings. The number of hydrogen-bond acceptors (Lipinski definition) is 3. The third-order valence-electron chi connectivity index (χ3n) is 5.98. The van der Waals surface area contributed by atoms with E-state index in [1.807, 2.05) is 0 Å². The van der Waals surface area contributed by atoms with Crippen LogP contribution in [0.15, 0.2) is 18.2 Å². The van der Waals surface area contributed by atoms with Crippen LogP contribution in [-0.4, -0.2) is 58.4 Å². The third kappa shape index (κ3) is 3.17. The van der Waals surface area contributed by atoms with Crippen molar-refractivity contribution in [3.63, 3.8) is 0 Å². The van der Waals surface area contributed by atoms with Gasteiger partial charge in [-0.1, -0.05) is 18.6 Å². The molecule has 1 aromatic heterocycles. The quantitative estimate of drug-likeness (QED) is 0.914. The molecule has 5 nitrogen and oxygen atoms in total. The van der Waals surface area contributed by atoms with Crippen molar-refractivity contribution < 1.29 is 4.79 Å². The number of nitrogens with one attached hydrogen (secondary N) is 1. The van der Waals surface area contributed by atoms with Crippen LogP contribution in [0.1, 0.15) is 49.4 Å². The van der Waals surface area contributed by atoms with E-state index in [1.54, 1.807) is 0 Å². The van der Waals surface area contributed by atoms with Crippen molar-refractivity contribution in [3.8, 4) is 0 Å². The van der Waals surface area contributed by atoms with E-state index >= 15 is 0 Å². The van der Waals surface area contributed by atoms with Gasteiger partial charge in [0.15, 0.2) is 0 Å². The minimum absolute atomic E-state index is 0.0964. The Morgan fingerprint density at radius 3 is 2.68 bits per heavy atom. The lowest BCUT2D eigenvalue weighted by molar-refractivity contribution is -0.138. The van der Waals surface area contributed by atoms with Crippen LogP contribution in [0.3, 0.4) is 0 Å². The molecule has 1 N–H and O–H groups in total. The van der Waals surface area contributed by atoms with E-state index in [0.29, 0.717) is 11.8 Å². The van der Waals surface area contributed by atoms with Crippen molar-refractivity contribution in [1.82, 2.24) is 19.8 Å². The number of carbonyl (C=O) groups is 1. The fraction of sp³-hybridized carbons (Fsp3) is 0.600. The van der Waals surface area contributed by atoms with Crippen molar-refractivity contribution in [2.45, 2.75) is 51.0 Å². The maximum absolute atomic E-state index is 12.9. The molecule has 25 heavy (non-hydrogen) atoms. The number of H-pyrrole nitrogens is 1.